The summed E-state index contributed by atoms with van der Waals surface area (Å²) < 4.78 is 6.30. The van der Waals surface area contributed by atoms with E-state index in [1.807, 2.05) is 30.3 Å². The van der Waals surface area contributed by atoms with Crippen LogP contribution < -0.4 is 5.56 Å². The number of hydrogen-bond donors (Lipinski definition) is 0. The Morgan fingerprint density at radius 2 is 1.91 bits per heavy atom. The van der Waals surface area contributed by atoms with Crippen LogP contribution in [0.25, 0.3) is 16.8 Å². The number of fused-ring (bicyclic) bond motifs is 1. The van der Waals surface area contributed by atoms with E-state index in [-0.39, 0.29) is 17.9 Å². The van der Waals surface area contributed by atoms with Crippen LogP contribution >= 0.6 is 0 Å². The lowest BCUT2D eigenvalue weighted by molar-refractivity contribution is 0.0517. The first kappa shape index (κ1) is 14.0. The Bertz CT molecular complexity index is 885. The molecule has 110 valence electrons. The largest absolute Gasteiger partial charge is 0.461 e. The highest BCUT2D eigenvalue weighted by atomic mass is 16.5. The molecule has 0 atom stereocenters. The summed E-state index contributed by atoms with van der Waals surface area (Å²) in [5.41, 5.74) is 1.49. The van der Waals surface area contributed by atoms with E-state index in [0.29, 0.717) is 11.2 Å². The van der Waals surface area contributed by atoms with Gasteiger partial charge in [0.1, 0.15) is 11.3 Å². The number of esters is 1. The number of carbonyl (C=O) groups excluding carboxylic acids is 1. The predicted octanol–water partition coefficient (Wildman–Crippen LogP) is 2.54. The van der Waals surface area contributed by atoms with Gasteiger partial charge in [-0.25, -0.2) is 9.78 Å². The van der Waals surface area contributed by atoms with E-state index >= 15 is 0 Å². The minimum Gasteiger partial charge on any atom is -0.461 e. The van der Waals surface area contributed by atoms with E-state index in [9.17, 15) is 9.59 Å². The van der Waals surface area contributed by atoms with E-state index in [1.165, 1.54) is 10.6 Å². The van der Waals surface area contributed by atoms with Gasteiger partial charge in [0.2, 0.25) is 0 Å². The van der Waals surface area contributed by atoms with Gasteiger partial charge in [0, 0.05) is 6.20 Å². The molecular weight excluding hydrogens is 280 g/mol. The number of rotatable bonds is 3. The number of carbonyl (C=O) groups is 1. The third-order valence-electron chi connectivity index (χ3n) is 3.30. The molecule has 0 unspecified atom stereocenters. The van der Waals surface area contributed by atoms with Crippen LogP contribution in [-0.4, -0.2) is 22.0 Å². The predicted molar refractivity (Wildman–Crippen MR) is 82.9 cm³/mol. The van der Waals surface area contributed by atoms with Gasteiger partial charge in [-0.1, -0.05) is 36.4 Å². The quantitative estimate of drug-likeness (QED) is 0.696. The summed E-state index contributed by atoms with van der Waals surface area (Å²) in [5, 5.41) is 0. The summed E-state index contributed by atoms with van der Waals surface area (Å²) in [6.45, 7) is 1.97. The molecule has 0 radical (unpaired) electrons. The van der Waals surface area contributed by atoms with Crippen LogP contribution in [-0.2, 0) is 4.74 Å². The monoisotopic (exact) mass is 294 g/mol. The molecule has 2 aromatic heterocycles. The molecule has 3 aromatic rings. The zero-order valence-electron chi connectivity index (χ0n) is 12.0. The SMILES string of the molecule is CCOC(=O)c1cccc2ncc(-c3ccccc3)c(=O)n12. The minimum absolute atomic E-state index is 0.176. The Morgan fingerprint density at radius 3 is 2.64 bits per heavy atom. The molecule has 0 aliphatic carbocycles. The lowest BCUT2D eigenvalue weighted by Crippen LogP contribution is -2.23. The molecule has 5 heteroatoms. The normalized spacial score (nSPS) is 10.6. The van der Waals surface area contributed by atoms with Crippen molar-refractivity contribution in [2.75, 3.05) is 6.61 Å². The van der Waals surface area contributed by atoms with Gasteiger partial charge >= 0.3 is 5.97 Å². The number of aromatic nitrogens is 2. The lowest BCUT2D eigenvalue weighted by Gasteiger charge is -2.09. The van der Waals surface area contributed by atoms with Crippen LogP contribution in [0.15, 0.2) is 59.5 Å². The summed E-state index contributed by atoms with van der Waals surface area (Å²) >= 11 is 0. The third-order valence-corrected chi connectivity index (χ3v) is 3.30. The van der Waals surface area contributed by atoms with Crippen molar-refractivity contribution in [1.29, 1.82) is 0 Å². The maximum atomic E-state index is 12.8. The van der Waals surface area contributed by atoms with Gasteiger partial charge in [-0.3, -0.25) is 9.20 Å². The van der Waals surface area contributed by atoms with Crippen molar-refractivity contribution in [2.45, 2.75) is 6.92 Å². The van der Waals surface area contributed by atoms with Gasteiger partial charge < -0.3 is 4.74 Å². The van der Waals surface area contributed by atoms with Crippen LogP contribution in [0.5, 0.6) is 0 Å². The van der Waals surface area contributed by atoms with Crippen LogP contribution in [0.1, 0.15) is 17.4 Å². The lowest BCUT2D eigenvalue weighted by atomic mass is 10.1. The van der Waals surface area contributed by atoms with E-state index in [1.54, 1.807) is 25.1 Å². The van der Waals surface area contributed by atoms with Crippen LogP contribution in [0.2, 0.25) is 0 Å². The van der Waals surface area contributed by atoms with Crippen LogP contribution in [0, 0.1) is 0 Å². The van der Waals surface area contributed by atoms with E-state index < -0.39 is 5.97 Å². The highest BCUT2D eigenvalue weighted by molar-refractivity contribution is 5.88. The molecule has 0 bridgehead atoms. The first-order valence-corrected chi connectivity index (χ1v) is 6.95. The number of pyridine rings is 1. The standard InChI is InChI=1S/C17H14N2O3/c1-2-22-17(21)14-9-6-10-15-18-11-13(16(20)19(14)15)12-7-4-3-5-8-12/h3-11H,2H2,1H3. The van der Waals surface area contributed by atoms with Gasteiger partial charge in [0.15, 0.2) is 0 Å². The average Bonchev–Trinajstić information content (AvgIpc) is 2.56. The highest BCUT2D eigenvalue weighted by Gasteiger charge is 2.15. The summed E-state index contributed by atoms with van der Waals surface area (Å²) in [6.07, 6.45) is 1.53. The zero-order valence-corrected chi connectivity index (χ0v) is 12.0. The second-order valence-electron chi connectivity index (χ2n) is 4.67. The summed E-state index contributed by atoms with van der Waals surface area (Å²) in [6, 6.07) is 14.1. The first-order valence-electron chi connectivity index (χ1n) is 6.95. The van der Waals surface area contributed by atoms with E-state index in [4.69, 9.17) is 4.74 Å². The second-order valence-corrected chi connectivity index (χ2v) is 4.67. The Hall–Kier alpha value is -2.95. The maximum Gasteiger partial charge on any atom is 0.355 e. The van der Waals surface area contributed by atoms with Gasteiger partial charge in [-0.05, 0) is 24.6 Å². The number of benzene rings is 1. The molecule has 0 saturated heterocycles. The van der Waals surface area contributed by atoms with Gasteiger partial charge in [-0.2, -0.15) is 0 Å². The highest BCUT2D eigenvalue weighted by Crippen LogP contribution is 2.15. The summed E-state index contributed by atoms with van der Waals surface area (Å²) in [5.74, 6) is -0.540. The topological polar surface area (TPSA) is 60.7 Å². The molecule has 5 nitrogen and oxygen atoms in total. The van der Waals surface area contributed by atoms with Crippen molar-refractivity contribution in [3.8, 4) is 11.1 Å². The molecule has 0 aliphatic rings. The van der Waals surface area contributed by atoms with Crippen molar-refractivity contribution in [1.82, 2.24) is 9.38 Å². The van der Waals surface area contributed by atoms with Gasteiger partial charge in [0.05, 0.1) is 12.2 Å². The molecule has 3 rings (SSSR count). The third kappa shape index (κ3) is 2.37. The van der Waals surface area contributed by atoms with Gasteiger partial charge in [0.25, 0.3) is 5.56 Å². The Kier molecular flexibility index (Phi) is 3.70. The minimum atomic E-state index is -0.540. The molecule has 22 heavy (non-hydrogen) atoms. The molecule has 0 N–H and O–H groups in total. The van der Waals surface area contributed by atoms with Crippen molar-refractivity contribution < 1.29 is 9.53 Å². The Balaban J connectivity index is 2.28. The van der Waals surface area contributed by atoms with Crippen molar-refractivity contribution >= 4 is 11.6 Å². The number of hydrogen-bond acceptors (Lipinski definition) is 4. The van der Waals surface area contributed by atoms with E-state index in [0.717, 1.165) is 5.56 Å². The van der Waals surface area contributed by atoms with E-state index in [2.05, 4.69) is 4.98 Å². The Morgan fingerprint density at radius 1 is 1.14 bits per heavy atom. The molecule has 0 aliphatic heterocycles. The molecule has 0 spiro atoms. The maximum absolute atomic E-state index is 12.8. The summed E-state index contributed by atoms with van der Waals surface area (Å²) in [7, 11) is 0. The molecule has 0 amide bonds. The smallest absolute Gasteiger partial charge is 0.355 e. The average molecular weight is 294 g/mol. The van der Waals surface area contributed by atoms with Crippen LogP contribution in [0.3, 0.4) is 0 Å². The zero-order chi connectivity index (χ0) is 15.5. The van der Waals surface area contributed by atoms with Gasteiger partial charge in [-0.15, -0.1) is 0 Å². The van der Waals surface area contributed by atoms with Crippen molar-refractivity contribution in [2.24, 2.45) is 0 Å². The first-order chi connectivity index (χ1) is 10.7. The van der Waals surface area contributed by atoms with Crippen molar-refractivity contribution in [3.63, 3.8) is 0 Å². The van der Waals surface area contributed by atoms with Crippen LogP contribution in [0.4, 0.5) is 0 Å². The molecule has 1 aromatic carbocycles. The summed E-state index contributed by atoms with van der Waals surface area (Å²) in [4.78, 5) is 29.1. The number of ether oxygens (including phenoxy) is 1. The fourth-order valence-corrected chi connectivity index (χ4v) is 2.30. The number of nitrogens with zero attached hydrogens (tertiary/aromatic N) is 2. The molecule has 0 saturated carbocycles. The Labute approximate surface area is 126 Å². The second kappa shape index (κ2) is 5.81. The molecular formula is C17H14N2O3. The fourth-order valence-electron chi connectivity index (χ4n) is 2.30. The fraction of sp³-hybridized carbons (Fsp3) is 0.118. The molecule has 2 heterocycles. The molecule has 0 fully saturated rings. The van der Waals surface area contributed by atoms with Crippen molar-refractivity contribution in [3.05, 3.63) is 70.8 Å².